The number of aryl methyl sites for hydroxylation is 1. The Morgan fingerprint density at radius 1 is 1.21 bits per heavy atom. The lowest BCUT2D eigenvalue weighted by molar-refractivity contribution is 0.886. The maximum Gasteiger partial charge on any atom is 0.104 e. The van der Waals surface area contributed by atoms with Gasteiger partial charge in [-0.1, -0.05) is 38.8 Å². The summed E-state index contributed by atoms with van der Waals surface area (Å²) in [4.78, 5) is 7.40. The van der Waals surface area contributed by atoms with Crippen LogP contribution in [-0.2, 0) is 0 Å². The van der Waals surface area contributed by atoms with E-state index in [-0.39, 0.29) is 1.43 Å². The molecule has 1 aromatic heterocycles. The van der Waals surface area contributed by atoms with Gasteiger partial charge in [0, 0.05) is 1.43 Å². The number of aromatic amines is 1. The second-order valence-electron chi connectivity index (χ2n) is 3.34. The van der Waals surface area contributed by atoms with Crippen LogP contribution in [0.25, 0.3) is 11.0 Å². The number of imidazole rings is 1. The monoisotopic (exact) mass is 192 g/mol. The summed E-state index contributed by atoms with van der Waals surface area (Å²) >= 11 is 0. The van der Waals surface area contributed by atoms with Gasteiger partial charge in [-0.05, 0) is 19.1 Å². The first-order chi connectivity index (χ1) is 6.77. The quantitative estimate of drug-likeness (QED) is 0.728. The minimum absolute atomic E-state index is 0. The number of para-hydroxylation sites is 2. The molecule has 2 nitrogen and oxygen atoms in total. The largest absolute Gasteiger partial charge is 0.342 e. The Morgan fingerprint density at radius 2 is 1.86 bits per heavy atom. The van der Waals surface area contributed by atoms with Crippen molar-refractivity contribution in [1.82, 2.24) is 9.97 Å². The Bertz CT molecular complexity index is 347. The fraction of sp³-hybridized carbons (Fsp3) is 0.417. The minimum Gasteiger partial charge on any atom is -0.342 e. The topological polar surface area (TPSA) is 28.7 Å². The highest BCUT2D eigenvalue weighted by molar-refractivity contribution is 5.74. The summed E-state index contributed by atoms with van der Waals surface area (Å²) in [5, 5.41) is 0. The number of fused-ring (bicyclic) bond motifs is 1. The minimum atomic E-state index is 0. The maximum atomic E-state index is 4.26. The van der Waals surface area contributed by atoms with Crippen molar-refractivity contribution in [3.8, 4) is 0 Å². The van der Waals surface area contributed by atoms with E-state index in [0.29, 0.717) is 0 Å². The van der Waals surface area contributed by atoms with Crippen molar-refractivity contribution < 1.29 is 1.43 Å². The lowest BCUT2D eigenvalue weighted by Crippen LogP contribution is -1.68. The average molecular weight is 192 g/mol. The zero-order chi connectivity index (χ0) is 10.4. The van der Waals surface area contributed by atoms with Gasteiger partial charge in [0.2, 0.25) is 0 Å². The van der Waals surface area contributed by atoms with Gasteiger partial charge in [-0.15, -0.1) is 0 Å². The standard InChI is InChI=1S/C8H8N2.C4H10.H2/c1-6-9-7-4-2-3-5-8(7)10-6;1-3-4-2;/h2-5H,1H3,(H,9,10);3-4H2,1-2H3;1H. The van der Waals surface area contributed by atoms with E-state index in [1.54, 1.807) is 0 Å². The maximum absolute atomic E-state index is 4.26. The van der Waals surface area contributed by atoms with Gasteiger partial charge < -0.3 is 4.98 Å². The molecule has 14 heavy (non-hydrogen) atoms. The third kappa shape index (κ3) is 2.87. The molecule has 0 radical (unpaired) electrons. The van der Waals surface area contributed by atoms with Gasteiger partial charge >= 0.3 is 0 Å². The van der Waals surface area contributed by atoms with Gasteiger partial charge in [0.25, 0.3) is 0 Å². The van der Waals surface area contributed by atoms with Crippen LogP contribution in [0.15, 0.2) is 24.3 Å². The van der Waals surface area contributed by atoms with Crippen LogP contribution in [0.2, 0.25) is 0 Å². The number of aromatic nitrogens is 2. The highest BCUT2D eigenvalue weighted by atomic mass is 14.9. The van der Waals surface area contributed by atoms with E-state index < -0.39 is 0 Å². The molecule has 2 rings (SSSR count). The summed E-state index contributed by atoms with van der Waals surface area (Å²) in [7, 11) is 0. The molecule has 2 aromatic rings. The first-order valence-corrected chi connectivity index (χ1v) is 5.19. The van der Waals surface area contributed by atoms with Crippen molar-refractivity contribution in [3.63, 3.8) is 0 Å². The highest BCUT2D eigenvalue weighted by Gasteiger charge is 1.93. The zero-order valence-corrected chi connectivity index (χ0v) is 9.17. The number of unbranched alkanes of at least 4 members (excludes halogenated alkanes) is 1. The van der Waals surface area contributed by atoms with E-state index in [2.05, 4.69) is 23.8 Å². The molecule has 0 bridgehead atoms. The lowest BCUT2D eigenvalue weighted by atomic mass is 10.3. The summed E-state index contributed by atoms with van der Waals surface area (Å²) in [5.41, 5.74) is 2.15. The van der Waals surface area contributed by atoms with Gasteiger partial charge in [-0.25, -0.2) is 4.98 Å². The number of benzene rings is 1. The molecule has 1 N–H and O–H groups in total. The normalized spacial score (nSPS) is 9.64. The molecule has 1 heterocycles. The molecule has 0 spiro atoms. The van der Waals surface area contributed by atoms with Crippen LogP contribution in [-0.4, -0.2) is 9.97 Å². The van der Waals surface area contributed by atoms with Crippen molar-refractivity contribution in [2.45, 2.75) is 33.6 Å². The van der Waals surface area contributed by atoms with E-state index in [0.717, 1.165) is 16.9 Å². The summed E-state index contributed by atoms with van der Waals surface area (Å²) in [6.45, 7) is 6.32. The Morgan fingerprint density at radius 3 is 2.43 bits per heavy atom. The van der Waals surface area contributed by atoms with Crippen LogP contribution < -0.4 is 0 Å². The fourth-order valence-corrected chi connectivity index (χ4v) is 1.08. The van der Waals surface area contributed by atoms with Crippen LogP contribution >= 0.6 is 0 Å². The number of hydrogen-bond acceptors (Lipinski definition) is 1. The molecule has 0 aliphatic carbocycles. The van der Waals surface area contributed by atoms with E-state index in [9.17, 15) is 0 Å². The summed E-state index contributed by atoms with van der Waals surface area (Å²) in [5.74, 6) is 0.973. The number of hydrogen-bond donors (Lipinski definition) is 1. The molecule has 78 valence electrons. The molecule has 1 aromatic carbocycles. The zero-order valence-electron chi connectivity index (χ0n) is 9.17. The predicted molar refractivity (Wildman–Crippen MR) is 63.5 cm³/mol. The number of H-pyrrole nitrogens is 1. The fourth-order valence-electron chi connectivity index (χ4n) is 1.08. The van der Waals surface area contributed by atoms with Crippen LogP contribution in [0.3, 0.4) is 0 Å². The van der Waals surface area contributed by atoms with Crippen molar-refractivity contribution in [3.05, 3.63) is 30.1 Å². The van der Waals surface area contributed by atoms with Gasteiger partial charge in [0.1, 0.15) is 5.82 Å². The lowest BCUT2D eigenvalue weighted by Gasteiger charge is -1.81. The smallest absolute Gasteiger partial charge is 0.104 e. The molecule has 0 aliphatic heterocycles. The molecular weight excluding hydrogens is 172 g/mol. The van der Waals surface area contributed by atoms with Crippen LogP contribution in [0.1, 0.15) is 33.9 Å². The van der Waals surface area contributed by atoms with Gasteiger partial charge in [-0.2, -0.15) is 0 Å². The molecule has 0 fully saturated rings. The van der Waals surface area contributed by atoms with E-state index >= 15 is 0 Å². The first-order valence-electron chi connectivity index (χ1n) is 5.19. The van der Waals surface area contributed by atoms with Crippen molar-refractivity contribution >= 4 is 11.0 Å². The first kappa shape index (κ1) is 10.8. The summed E-state index contributed by atoms with van der Waals surface area (Å²) < 4.78 is 0. The Hall–Kier alpha value is -1.31. The van der Waals surface area contributed by atoms with Crippen molar-refractivity contribution in [1.29, 1.82) is 0 Å². The number of nitrogens with one attached hydrogen (secondary N) is 1. The van der Waals surface area contributed by atoms with Gasteiger partial charge in [0.15, 0.2) is 0 Å². The SMILES string of the molecule is CCCC.Cc1nc2ccccc2[nH]1.[HH]. The number of nitrogens with zero attached hydrogens (tertiary/aromatic N) is 1. The van der Waals surface area contributed by atoms with Crippen LogP contribution in [0, 0.1) is 6.92 Å². The molecule has 0 saturated heterocycles. The summed E-state index contributed by atoms with van der Waals surface area (Å²) in [6, 6.07) is 8.01. The van der Waals surface area contributed by atoms with E-state index in [4.69, 9.17) is 0 Å². The Labute approximate surface area is 86.9 Å². The highest BCUT2D eigenvalue weighted by Crippen LogP contribution is 2.08. The Kier molecular flexibility index (Phi) is 4.17. The second-order valence-corrected chi connectivity index (χ2v) is 3.34. The third-order valence-corrected chi connectivity index (χ3v) is 2.01. The van der Waals surface area contributed by atoms with E-state index in [1.165, 1.54) is 12.8 Å². The molecular formula is C12H20N2. The van der Waals surface area contributed by atoms with Crippen molar-refractivity contribution in [2.75, 3.05) is 0 Å². The molecule has 0 aliphatic rings. The third-order valence-electron chi connectivity index (χ3n) is 2.01. The van der Waals surface area contributed by atoms with Gasteiger partial charge in [0.05, 0.1) is 11.0 Å². The predicted octanol–water partition coefficient (Wildman–Crippen LogP) is 3.92. The average Bonchev–Trinajstić information content (AvgIpc) is 2.58. The molecule has 0 amide bonds. The molecule has 0 saturated carbocycles. The molecule has 0 unspecified atom stereocenters. The number of rotatable bonds is 1. The van der Waals surface area contributed by atoms with Crippen LogP contribution in [0.5, 0.6) is 0 Å². The summed E-state index contributed by atoms with van der Waals surface area (Å²) in [6.07, 6.45) is 2.64. The second kappa shape index (κ2) is 5.43. The Balaban J connectivity index is 0.000000346. The molecule has 0 atom stereocenters. The van der Waals surface area contributed by atoms with Crippen LogP contribution in [0.4, 0.5) is 0 Å². The van der Waals surface area contributed by atoms with Crippen molar-refractivity contribution in [2.24, 2.45) is 0 Å². The molecule has 2 heteroatoms. The van der Waals surface area contributed by atoms with E-state index in [1.807, 2.05) is 31.2 Å². The van der Waals surface area contributed by atoms with Gasteiger partial charge in [-0.3, -0.25) is 0 Å².